The molecule has 1 aromatic heterocycles. The van der Waals surface area contributed by atoms with Crippen LogP contribution in [0.3, 0.4) is 0 Å². The maximum Gasteiger partial charge on any atom is 0.327 e. The third-order valence-electron chi connectivity index (χ3n) is 3.29. The molecule has 2 rings (SSSR count). The number of nitrogens with zero attached hydrogens (tertiary/aromatic N) is 2. The van der Waals surface area contributed by atoms with E-state index in [0.29, 0.717) is 19.8 Å². The molecule has 0 spiro atoms. The van der Waals surface area contributed by atoms with Crippen LogP contribution >= 0.6 is 0 Å². The van der Waals surface area contributed by atoms with E-state index in [1.165, 1.54) is 0 Å². The summed E-state index contributed by atoms with van der Waals surface area (Å²) in [6.45, 7) is 5.14. The van der Waals surface area contributed by atoms with Crippen LogP contribution in [-0.4, -0.2) is 36.1 Å². The van der Waals surface area contributed by atoms with Crippen LogP contribution in [0.15, 0.2) is 30.3 Å². The van der Waals surface area contributed by atoms with Gasteiger partial charge in [0.2, 0.25) is 0 Å². The second-order valence-corrected chi connectivity index (χ2v) is 4.85. The van der Waals surface area contributed by atoms with Crippen molar-refractivity contribution in [3.63, 3.8) is 0 Å². The minimum absolute atomic E-state index is 0.0758. The van der Waals surface area contributed by atoms with E-state index < -0.39 is 0 Å². The molecule has 0 atom stereocenters. The molecule has 0 amide bonds. The first-order chi connectivity index (χ1) is 11.2. The molecule has 2 aromatic rings. The van der Waals surface area contributed by atoms with Gasteiger partial charge in [-0.25, -0.2) is 0 Å². The molecule has 23 heavy (non-hydrogen) atoms. The number of aromatic nitrogens is 2. The molecule has 1 aromatic carbocycles. The average molecular weight is 318 g/mol. The van der Waals surface area contributed by atoms with Crippen molar-refractivity contribution >= 4 is 5.97 Å². The molecule has 0 aliphatic rings. The summed E-state index contributed by atoms with van der Waals surface area (Å²) in [6.07, 6.45) is 0. The molecular weight excluding hydrogens is 296 g/mol. The number of hydrogen-bond acceptors (Lipinski definition) is 5. The molecule has 0 saturated carbocycles. The van der Waals surface area contributed by atoms with Gasteiger partial charge >= 0.3 is 5.97 Å². The van der Waals surface area contributed by atoms with Crippen LogP contribution < -0.4 is 4.74 Å². The van der Waals surface area contributed by atoms with Gasteiger partial charge < -0.3 is 14.2 Å². The van der Waals surface area contributed by atoms with E-state index in [1.807, 2.05) is 37.3 Å². The smallest absolute Gasteiger partial charge is 0.327 e. The molecule has 124 valence electrons. The Labute approximate surface area is 136 Å². The molecule has 6 heteroatoms. The van der Waals surface area contributed by atoms with E-state index in [-0.39, 0.29) is 12.5 Å². The van der Waals surface area contributed by atoms with Crippen molar-refractivity contribution in [3.8, 4) is 17.0 Å². The Balaban J connectivity index is 2.25. The largest absolute Gasteiger partial charge is 0.497 e. The molecule has 6 nitrogen and oxygen atoms in total. The number of rotatable bonds is 8. The van der Waals surface area contributed by atoms with Gasteiger partial charge in [-0.05, 0) is 44.2 Å². The summed E-state index contributed by atoms with van der Waals surface area (Å²) in [5, 5.41) is 4.51. The summed E-state index contributed by atoms with van der Waals surface area (Å²) < 4.78 is 17.2. The second kappa shape index (κ2) is 8.33. The Kier molecular flexibility index (Phi) is 6.17. The highest BCUT2D eigenvalue weighted by atomic mass is 16.5. The van der Waals surface area contributed by atoms with Gasteiger partial charge in [-0.15, -0.1) is 0 Å². The van der Waals surface area contributed by atoms with E-state index in [4.69, 9.17) is 14.2 Å². The Morgan fingerprint density at radius 2 is 1.91 bits per heavy atom. The van der Waals surface area contributed by atoms with Gasteiger partial charge in [-0.2, -0.15) is 5.10 Å². The summed E-state index contributed by atoms with van der Waals surface area (Å²) in [4.78, 5) is 11.7. The molecule has 0 bridgehead atoms. The maximum atomic E-state index is 11.7. The molecule has 0 saturated heterocycles. The molecule has 1 heterocycles. The Bertz CT molecular complexity index is 635. The van der Waals surface area contributed by atoms with Crippen molar-refractivity contribution in [3.05, 3.63) is 36.0 Å². The zero-order valence-electron chi connectivity index (χ0n) is 13.7. The van der Waals surface area contributed by atoms with Crippen molar-refractivity contribution < 1.29 is 19.0 Å². The Morgan fingerprint density at radius 3 is 2.52 bits per heavy atom. The van der Waals surface area contributed by atoms with Gasteiger partial charge in [0.25, 0.3) is 0 Å². The zero-order valence-corrected chi connectivity index (χ0v) is 13.7. The monoisotopic (exact) mass is 318 g/mol. The number of ether oxygens (including phenoxy) is 3. The first-order valence-corrected chi connectivity index (χ1v) is 7.62. The fourth-order valence-electron chi connectivity index (χ4n) is 2.15. The third kappa shape index (κ3) is 4.56. The number of hydrogen-bond donors (Lipinski definition) is 0. The van der Waals surface area contributed by atoms with Crippen molar-refractivity contribution in [2.75, 3.05) is 20.3 Å². The average Bonchev–Trinajstić information content (AvgIpc) is 2.96. The van der Waals surface area contributed by atoms with Crippen LogP contribution in [0.25, 0.3) is 11.3 Å². The van der Waals surface area contributed by atoms with E-state index in [0.717, 1.165) is 22.7 Å². The molecule has 0 aliphatic carbocycles. The summed E-state index contributed by atoms with van der Waals surface area (Å²) in [5.74, 6) is 0.476. The van der Waals surface area contributed by atoms with Gasteiger partial charge in [-0.3, -0.25) is 9.48 Å². The number of esters is 1. The topological polar surface area (TPSA) is 62.6 Å². The lowest BCUT2D eigenvalue weighted by Crippen LogP contribution is -2.17. The van der Waals surface area contributed by atoms with Crippen molar-refractivity contribution in [2.45, 2.75) is 27.0 Å². The number of carbonyl (C=O) groups is 1. The van der Waals surface area contributed by atoms with Crippen LogP contribution in [0.5, 0.6) is 5.75 Å². The minimum Gasteiger partial charge on any atom is -0.497 e. The highest BCUT2D eigenvalue weighted by Crippen LogP contribution is 2.22. The van der Waals surface area contributed by atoms with Crippen LogP contribution in [0.2, 0.25) is 0 Å². The fourth-order valence-corrected chi connectivity index (χ4v) is 2.15. The van der Waals surface area contributed by atoms with Gasteiger partial charge in [0.1, 0.15) is 12.3 Å². The fraction of sp³-hybridized carbons (Fsp3) is 0.412. The Morgan fingerprint density at radius 1 is 1.17 bits per heavy atom. The lowest BCUT2D eigenvalue weighted by Gasteiger charge is -2.06. The minimum atomic E-state index is -0.311. The lowest BCUT2D eigenvalue weighted by atomic mass is 10.1. The van der Waals surface area contributed by atoms with Gasteiger partial charge in [0.05, 0.1) is 31.7 Å². The number of carbonyl (C=O) groups excluding carboxylic acids is 1. The number of methoxy groups -OCH3 is 1. The third-order valence-corrected chi connectivity index (χ3v) is 3.29. The molecular formula is C17H22N2O4. The normalized spacial score (nSPS) is 10.6. The highest BCUT2D eigenvalue weighted by Gasteiger charge is 2.13. The van der Waals surface area contributed by atoms with Gasteiger partial charge in [0.15, 0.2) is 0 Å². The predicted octanol–water partition coefficient (Wildman–Crippen LogP) is 2.66. The van der Waals surface area contributed by atoms with Gasteiger partial charge in [-0.1, -0.05) is 0 Å². The summed E-state index contributed by atoms with van der Waals surface area (Å²) in [6, 6.07) is 9.54. The first-order valence-electron chi connectivity index (χ1n) is 7.62. The van der Waals surface area contributed by atoms with E-state index in [2.05, 4.69) is 5.10 Å². The Hall–Kier alpha value is -2.34. The van der Waals surface area contributed by atoms with Gasteiger partial charge in [0, 0.05) is 12.2 Å². The summed E-state index contributed by atoms with van der Waals surface area (Å²) in [5.41, 5.74) is 2.57. The predicted molar refractivity (Wildman–Crippen MR) is 86.2 cm³/mol. The summed E-state index contributed by atoms with van der Waals surface area (Å²) >= 11 is 0. The van der Waals surface area contributed by atoms with Crippen molar-refractivity contribution in [1.29, 1.82) is 0 Å². The quantitative estimate of drug-likeness (QED) is 0.700. The van der Waals surface area contributed by atoms with Crippen molar-refractivity contribution in [1.82, 2.24) is 9.78 Å². The second-order valence-electron chi connectivity index (χ2n) is 4.85. The molecule has 0 aliphatic heterocycles. The summed E-state index contributed by atoms with van der Waals surface area (Å²) in [7, 11) is 1.63. The first kappa shape index (κ1) is 17.0. The SMILES string of the molecule is CCOCc1cc(-c2ccc(OC)cc2)nn1CC(=O)OCC. The molecule has 0 fully saturated rings. The number of benzene rings is 1. The maximum absolute atomic E-state index is 11.7. The molecule has 0 radical (unpaired) electrons. The van der Waals surface area contributed by atoms with E-state index in [9.17, 15) is 4.79 Å². The highest BCUT2D eigenvalue weighted by molar-refractivity contribution is 5.69. The molecule has 0 unspecified atom stereocenters. The van der Waals surface area contributed by atoms with Crippen LogP contribution in [0.4, 0.5) is 0 Å². The zero-order chi connectivity index (χ0) is 16.7. The van der Waals surface area contributed by atoms with Crippen LogP contribution in [0.1, 0.15) is 19.5 Å². The van der Waals surface area contributed by atoms with Crippen molar-refractivity contribution in [2.24, 2.45) is 0 Å². The lowest BCUT2D eigenvalue weighted by molar-refractivity contribution is -0.144. The van der Waals surface area contributed by atoms with E-state index >= 15 is 0 Å². The van der Waals surface area contributed by atoms with Crippen LogP contribution in [0, 0.1) is 0 Å². The van der Waals surface area contributed by atoms with Crippen LogP contribution in [-0.2, 0) is 27.4 Å². The molecule has 0 N–H and O–H groups in total. The van der Waals surface area contributed by atoms with E-state index in [1.54, 1.807) is 18.7 Å². The standard InChI is InChI=1S/C17H22N2O4/c1-4-22-12-14-10-16(13-6-8-15(21-3)9-7-13)18-19(14)11-17(20)23-5-2/h6-10H,4-5,11-12H2,1-3H3.